The number of carboxylic acids is 2. The fourth-order valence-electron chi connectivity index (χ4n) is 1.86. The van der Waals surface area contributed by atoms with Gasteiger partial charge in [-0.3, -0.25) is 0 Å². The van der Waals surface area contributed by atoms with Crippen molar-refractivity contribution < 1.29 is 39.9 Å². The van der Waals surface area contributed by atoms with Crippen molar-refractivity contribution in [2.75, 3.05) is 13.2 Å². The van der Waals surface area contributed by atoms with Gasteiger partial charge in [0, 0.05) is 12.6 Å². The van der Waals surface area contributed by atoms with E-state index in [-0.39, 0.29) is 0 Å². The van der Waals surface area contributed by atoms with Crippen molar-refractivity contribution in [3.8, 4) is 5.75 Å². The molecule has 1 rings (SSSR count). The molecule has 9 heteroatoms. The molecular weight excluding hydrogens is 370 g/mol. The highest BCUT2D eigenvalue weighted by atomic mass is 16.5. The second-order valence-corrected chi connectivity index (χ2v) is 6.19. The molecule has 0 aliphatic carbocycles. The van der Waals surface area contributed by atoms with Crippen LogP contribution in [0.15, 0.2) is 36.9 Å². The van der Waals surface area contributed by atoms with Crippen molar-refractivity contribution in [1.82, 2.24) is 5.32 Å². The molecule has 6 N–H and O–H groups in total. The molecule has 158 valence electrons. The second kappa shape index (κ2) is 13.7. The van der Waals surface area contributed by atoms with Gasteiger partial charge in [-0.05, 0) is 18.1 Å². The number of carbonyl (C=O) groups is 2. The van der Waals surface area contributed by atoms with Crippen molar-refractivity contribution in [3.63, 3.8) is 0 Å². The number of ether oxygens (including phenoxy) is 1. The van der Waals surface area contributed by atoms with Crippen LogP contribution in [0.1, 0.15) is 19.4 Å². The molecule has 0 heterocycles. The number of allylic oxidation sites excluding steroid dienone is 1. The van der Waals surface area contributed by atoms with Crippen LogP contribution in [0, 0.1) is 0 Å². The Labute approximate surface area is 163 Å². The molecule has 0 aliphatic heterocycles. The number of benzene rings is 1. The van der Waals surface area contributed by atoms with Crippen LogP contribution in [0.3, 0.4) is 0 Å². The zero-order valence-electron chi connectivity index (χ0n) is 16.0. The maximum absolute atomic E-state index is 9.77. The first-order valence-electron chi connectivity index (χ1n) is 8.64. The molecule has 0 spiro atoms. The van der Waals surface area contributed by atoms with Gasteiger partial charge in [0.25, 0.3) is 0 Å². The van der Waals surface area contributed by atoms with E-state index in [2.05, 4.69) is 11.9 Å². The van der Waals surface area contributed by atoms with E-state index in [0.29, 0.717) is 19.2 Å². The Morgan fingerprint density at radius 2 is 1.64 bits per heavy atom. The molecule has 1 aromatic rings. The van der Waals surface area contributed by atoms with Crippen LogP contribution in [0.4, 0.5) is 0 Å². The fourth-order valence-corrected chi connectivity index (χ4v) is 1.86. The summed E-state index contributed by atoms with van der Waals surface area (Å²) in [5.41, 5.74) is 1.09. The minimum absolute atomic E-state index is 0.299. The molecule has 0 aromatic heterocycles. The molecular formula is C19H29NO8. The number of para-hydroxylation sites is 1. The summed E-state index contributed by atoms with van der Waals surface area (Å²) in [5, 5.41) is 45.5. The summed E-state index contributed by atoms with van der Waals surface area (Å²) in [6.07, 6.45) is -2.41. The molecule has 9 nitrogen and oxygen atoms in total. The maximum atomic E-state index is 9.77. The van der Waals surface area contributed by atoms with Crippen molar-refractivity contribution in [3.05, 3.63) is 42.5 Å². The number of rotatable bonds is 11. The lowest BCUT2D eigenvalue weighted by molar-refractivity contribution is -0.165. The van der Waals surface area contributed by atoms with E-state index in [1.165, 1.54) is 0 Å². The Morgan fingerprint density at radius 3 is 2.11 bits per heavy atom. The lowest BCUT2D eigenvalue weighted by atomic mass is 10.1. The molecule has 0 amide bonds. The highest BCUT2D eigenvalue weighted by molar-refractivity contribution is 5.83. The van der Waals surface area contributed by atoms with Gasteiger partial charge >= 0.3 is 11.9 Å². The van der Waals surface area contributed by atoms with Crippen LogP contribution < -0.4 is 10.1 Å². The fraction of sp³-hybridized carbons (Fsp3) is 0.474. The molecule has 0 saturated heterocycles. The summed E-state index contributed by atoms with van der Waals surface area (Å²) in [5.74, 6) is -2.72. The van der Waals surface area contributed by atoms with Crippen LogP contribution in [0.5, 0.6) is 5.75 Å². The summed E-state index contributed by atoms with van der Waals surface area (Å²) in [6.45, 7) is 8.67. The normalized spacial score (nSPS) is 13.6. The first kappa shape index (κ1) is 25.5. The number of aliphatic hydroxyl groups excluding tert-OH is 3. The predicted molar refractivity (Wildman–Crippen MR) is 102 cm³/mol. The summed E-state index contributed by atoms with van der Waals surface area (Å²) in [6, 6.07) is 8.20. The Kier molecular flexibility index (Phi) is 12.5. The standard InChI is InChI=1S/C15H23NO2.C4H6O6/c1-4-7-13-8-5-6-9-15(13)18-11-14(17)10-16-12(2)3;5-1(3(7)8)2(6)4(9)10/h4-6,8-9,12,14,16-17H,1,7,10-11H2,2-3H3;1-2,5-6H,(H,7,8)(H,9,10)/t14-;1-,2-/m11/s1. The van der Waals surface area contributed by atoms with Crippen molar-refractivity contribution in [2.45, 2.75) is 44.6 Å². The first-order valence-corrected chi connectivity index (χ1v) is 8.64. The van der Waals surface area contributed by atoms with E-state index in [9.17, 15) is 14.7 Å². The Balaban J connectivity index is 0.000000621. The number of carboxylic acid groups (broad SMARTS) is 2. The number of hydrogen-bond donors (Lipinski definition) is 6. The third-order valence-electron chi connectivity index (χ3n) is 3.33. The van der Waals surface area contributed by atoms with Gasteiger partial charge in [-0.1, -0.05) is 38.1 Å². The summed E-state index contributed by atoms with van der Waals surface area (Å²) < 4.78 is 5.65. The third-order valence-corrected chi connectivity index (χ3v) is 3.33. The summed E-state index contributed by atoms with van der Waals surface area (Å²) >= 11 is 0. The van der Waals surface area contributed by atoms with Crippen molar-refractivity contribution >= 4 is 11.9 Å². The van der Waals surface area contributed by atoms with Gasteiger partial charge in [0.2, 0.25) is 0 Å². The highest BCUT2D eigenvalue weighted by Crippen LogP contribution is 2.18. The van der Waals surface area contributed by atoms with Gasteiger partial charge in [-0.2, -0.15) is 0 Å². The quantitative estimate of drug-likeness (QED) is 0.283. The lowest BCUT2D eigenvalue weighted by Gasteiger charge is -2.16. The monoisotopic (exact) mass is 399 g/mol. The van der Waals surface area contributed by atoms with Crippen LogP contribution in [-0.4, -0.2) is 75.0 Å². The van der Waals surface area contributed by atoms with E-state index >= 15 is 0 Å². The van der Waals surface area contributed by atoms with E-state index in [1.54, 1.807) is 0 Å². The van der Waals surface area contributed by atoms with Crippen LogP contribution in [-0.2, 0) is 16.0 Å². The smallest absolute Gasteiger partial charge is 0.335 e. The zero-order valence-corrected chi connectivity index (χ0v) is 16.0. The van der Waals surface area contributed by atoms with Crippen LogP contribution in [0.2, 0.25) is 0 Å². The van der Waals surface area contributed by atoms with E-state index in [1.807, 2.05) is 44.2 Å². The van der Waals surface area contributed by atoms with Gasteiger partial charge in [-0.25, -0.2) is 9.59 Å². The molecule has 0 saturated carbocycles. The minimum atomic E-state index is -2.27. The third kappa shape index (κ3) is 10.6. The van der Waals surface area contributed by atoms with Crippen molar-refractivity contribution in [1.29, 1.82) is 0 Å². The largest absolute Gasteiger partial charge is 0.491 e. The molecule has 0 unspecified atom stereocenters. The van der Waals surface area contributed by atoms with Gasteiger partial charge in [0.1, 0.15) is 18.5 Å². The molecule has 0 radical (unpaired) electrons. The van der Waals surface area contributed by atoms with Crippen molar-refractivity contribution in [2.24, 2.45) is 0 Å². The molecule has 3 atom stereocenters. The zero-order chi connectivity index (χ0) is 21.7. The minimum Gasteiger partial charge on any atom is -0.491 e. The number of aliphatic carboxylic acids is 2. The van der Waals surface area contributed by atoms with Crippen LogP contribution in [0.25, 0.3) is 0 Å². The van der Waals surface area contributed by atoms with Gasteiger partial charge in [-0.15, -0.1) is 6.58 Å². The lowest BCUT2D eigenvalue weighted by Crippen LogP contribution is -2.39. The summed E-state index contributed by atoms with van der Waals surface area (Å²) in [4.78, 5) is 19.5. The van der Waals surface area contributed by atoms with E-state index < -0.39 is 30.3 Å². The Morgan fingerprint density at radius 1 is 1.11 bits per heavy atom. The average molecular weight is 399 g/mol. The Bertz CT molecular complexity index is 602. The summed E-state index contributed by atoms with van der Waals surface area (Å²) in [7, 11) is 0. The van der Waals surface area contributed by atoms with E-state index in [0.717, 1.165) is 17.7 Å². The number of aliphatic hydroxyl groups is 3. The Hall–Kier alpha value is -2.46. The van der Waals surface area contributed by atoms with Gasteiger partial charge in [0.05, 0.1) is 0 Å². The van der Waals surface area contributed by atoms with Gasteiger partial charge in [0.15, 0.2) is 12.2 Å². The highest BCUT2D eigenvalue weighted by Gasteiger charge is 2.29. The maximum Gasteiger partial charge on any atom is 0.335 e. The predicted octanol–water partition coefficient (Wildman–Crippen LogP) is 0.0302. The van der Waals surface area contributed by atoms with Gasteiger partial charge < -0.3 is 35.6 Å². The SMILES string of the molecule is C=CCc1ccccc1OC[C@H](O)CNC(C)C.O=C(O)[C@H](O)[C@@H](O)C(=O)O. The van der Waals surface area contributed by atoms with E-state index in [4.69, 9.17) is 25.2 Å². The molecule has 0 aliphatic rings. The topological polar surface area (TPSA) is 157 Å². The first-order chi connectivity index (χ1) is 13.1. The molecule has 0 fully saturated rings. The number of hydrogen-bond acceptors (Lipinski definition) is 7. The van der Waals surface area contributed by atoms with Crippen LogP contribution >= 0.6 is 0 Å². The molecule has 28 heavy (non-hydrogen) atoms. The number of nitrogens with one attached hydrogen (secondary N) is 1. The molecule has 1 aromatic carbocycles. The average Bonchev–Trinajstić information content (AvgIpc) is 2.65. The molecule has 0 bridgehead atoms. The second-order valence-electron chi connectivity index (χ2n) is 6.19.